The molecule has 1 aliphatic heterocycles. The van der Waals surface area contributed by atoms with E-state index < -0.39 is 6.17 Å². The molecule has 4 aromatic rings. The van der Waals surface area contributed by atoms with E-state index in [1.165, 1.54) is 0 Å². The number of nitrogen functional groups attached to an aromatic ring is 1. The molecule has 31 heavy (non-hydrogen) atoms. The van der Waals surface area contributed by atoms with Crippen LogP contribution in [0.15, 0.2) is 36.5 Å². The lowest BCUT2D eigenvalue weighted by atomic mass is 10.00. The van der Waals surface area contributed by atoms with E-state index in [1.807, 2.05) is 25.1 Å². The number of alkyl halides is 1. The number of rotatable bonds is 4. The Morgan fingerprint density at radius 2 is 2.06 bits per heavy atom. The van der Waals surface area contributed by atoms with Crippen molar-refractivity contribution in [3.05, 3.63) is 59.0 Å². The molecular formula is C21H18FN9. The first kappa shape index (κ1) is 18.9. The van der Waals surface area contributed by atoms with E-state index in [2.05, 4.69) is 31.4 Å². The number of hydrogen-bond donors (Lipinski definition) is 1. The first-order chi connectivity index (χ1) is 15.0. The van der Waals surface area contributed by atoms with Gasteiger partial charge >= 0.3 is 0 Å². The maximum Gasteiger partial charge on any atom is 0.221 e. The van der Waals surface area contributed by atoms with Crippen molar-refractivity contribution in [1.82, 2.24) is 34.7 Å². The SMILES string of the molecule is Cc1c(C#N)cccc1-c1cc(-c2cn(Cc3cc4n(n3)CC(F)C4)nn2)nc(N)n1. The van der Waals surface area contributed by atoms with Crippen molar-refractivity contribution in [2.45, 2.75) is 32.6 Å². The Bertz CT molecular complexity index is 1310. The van der Waals surface area contributed by atoms with Gasteiger partial charge in [-0.3, -0.25) is 4.68 Å². The Morgan fingerprint density at radius 3 is 2.87 bits per heavy atom. The number of anilines is 1. The minimum atomic E-state index is -0.857. The lowest BCUT2D eigenvalue weighted by molar-refractivity contribution is 0.321. The molecule has 3 aromatic heterocycles. The van der Waals surface area contributed by atoms with E-state index in [9.17, 15) is 9.65 Å². The molecule has 0 saturated heterocycles. The second kappa shape index (κ2) is 7.28. The molecule has 1 unspecified atom stereocenters. The quantitative estimate of drug-likeness (QED) is 0.542. The van der Waals surface area contributed by atoms with Crippen molar-refractivity contribution in [1.29, 1.82) is 5.26 Å². The van der Waals surface area contributed by atoms with E-state index in [1.54, 1.807) is 27.7 Å². The summed E-state index contributed by atoms with van der Waals surface area (Å²) in [7, 11) is 0. The Labute approximate surface area is 177 Å². The molecule has 5 rings (SSSR count). The smallest absolute Gasteiger partial charge is 0.221 e. The number of nitriles is 1. The van der Waals surface area contributed by atoms with Gasteiger partial charge < -0.3 is 5.73 Å². The number of nitrogens with zero attached hydrogens (tertiary/aromatic N) is 8. The van der Waals surface area contributed by atoms with Crippen LogP contribution in [0.4, 0.5) is 10.3 Å². The molecule has 0 amide bonds. The van der Waals surface area contributed by atoms with Crippen molar-refractivity contribution in [3.8, 4) is 28.7 Å². The molecule has 2 N–H and O–H groups in total. The van der Waals surface area contributed by atoms with Gasteiger partial charge in [0.25, 0.3) is 0 Å². The van der Waals surface area contributed by atoms with Crippen LogP contribution in [0.25, 0.3) is 22.6 Å². The third-order valence-electron chi connectivity index (χ3n) is 5.31. The predicted octanol–water partition coefficient (Wildman–Crippen LogP) is 2.30. The Balaban J connectivity index is 1.44. The maximum absolute atomic E-state index is 13.4. The fourth-order valence-corrected chi connectivity index (χ4v) is 3.82. The van der Waals surface area contributed by atoms with Gasteiger partial charge in [-0.1, -0.05) is 17.3 Å². The molecule has 0 bridgehead atoms. The zero-order valence-corrected chi connectivity index (χ0v) is 16.7. The van der Waals surface area contributed by atoms with Crippen molar-refractivity contribution in [3.63, 3.8) is 0 Å². The summed E-state index contributed by atoms with van der Waals surface area (Å²) in [5.41, 5.74) is 11.5. The van der Waals surface area contributed by atoms with Crippen LogP contribution in [0.1, 0.15) is 22.5 Å². The van der Waals surface area contributed by atoms with Gasteiger partial charge in [-0.05, 0) is 30.7 Å². The van der Waals surface area contributed by atoms with Crippen molar-refractivity contribution in [2.24, 2.45) is 0 Å². The van der Waals surface area contributed by atoms with Gasteiger partial charge in [-0.25, -0.2) is 19.0 Å². The highest BCUT2D eigenvalue weighted by molar-refractivity contribution is 5.71. The summed E-state index contributed by atoms with van der Waals surface area (Å²) in [6.45, 7) is 2.59. The van der Waals surface area contributed by atoms with Gasteiger partial charge in [0.15, 0.2) is 0 Å². The summed E-state index contributed by atoms with van der Waals surface area (Å²) in [5.74, 6) is 0.107. The van der Waals surface area contributed by atoms with Gasteiger partial charge in [0.1, 0.15) is 11.9 Å². The molecule has 0 aliphatic carbocycles. The monoisotopic (exact) mass is 415 g/mol. The Hall–Kier alpha value is -4.13. The molecule has 4 heterocycles. The molecule has 0 radical (unpaired) electrons. The minimum Gasteiger partial charge on any atom is -0.368 e. The van der Waals surface area contributed by atoms with E-state index in [0.29, 0.717) is 42.2 Å². The lowest BCUT2D eigenvalue weighted by Gasteiger charge is -2.08. The van der Waals surface area contributed by atoms with Crippen molar-refractivity contribution >= 4 is 5.95 Å². The highest BCUT2D eigenvalue weighted by Gasteiger charge is 2.23. The molecular weight excluding hydrogens is 397 g/mol. The van der Waals surface area contributed by atoms with E-state index in [4.69, 9.17) is 5.73 Å². The average Bonchev–Trinajstić information content (AvgIpc) is 3.43. The fraction of sp³-hybridized carbons (Fsp3) is 0.238. The molecule has 0 saturated carbocycles. The molecule has 0 spiro atoms. The van der Waals surface area contributed by atoms with Crippen molar-refractivity contribution < 1.29 is 4.39 Å². The standard InChI is InChI=1S/C21H18FN9/c1-12-13(8-23)3-2-4-17(12)18-7-19(26-21(24)25-18)20-11-30(29-27-20)10-15-6-16-5-14(22)9-31(16)28-15/h2-4,6-7,11,14H,5,9-10H2,1H3,(H2,24,25,26). The molecule has 10 heteroatoms. The van der Waals surface area contributed by atoms with Crippen molar-refractivity contribution in [2.75, 3.05) is 5.73 Å². The Morgan fingerprint density at radius 1 is 1.23 bits per heavy atom. The summed E-state index contributed by atoms with van der Waals surface area (Å²) in [6, 6.07) is 11.3. The predicted molar refractivity (Wildman–Crippen MR) is 110 cm³/mol. The summed E-state index contributed by atoms with van der Waals surface area (Å²) in [6.07, 6.45) is 1.29. The summed E-state index contributed by atoms with van der Waals surface area (Å²) < 4.78 is 16.8. The van der Waals surface area contributed by atoms with E-state index >= 15 is 0 Å². The van der Waals surface area contributed by atoms with E-state index in [0.717, 1.165) is 22.5 Å². The van der Waals surface area contributed by atoms with Gasteiger partial charge in [0.2, 0.25) is 5.95 Å². The number of fused-ring (bicyclic) bond motifs is 1. The van der Waals surface area contributed by atoms with Crippen LogP contribution in [0, 0.1) is 18.3 Å². The topological polar surface area (TPSA) is 124 Å². The fourth-order valence-electron chi connectivity index (χ4n) is 3.82. The van der Waals surface area contributed by atoms with Gasteiger partial charge in [0, 0.05) is 17.7 Å². The number of aromatic nitrogens is 7. The summed E-state index contributed by atoms with van der Waals surface area (Å²) in [5, 5.41) is 22.1. The molecule has 154 valence electrons. The molecule has 9 nitrogen and oxygen atoms in total. The van der Waals surface area contributed by atoms with E-state index in [-0.39, 0.29) is 5.95 Å². The van der Waals surface area contributed by atoms with Crippen LogP contribution < -0.4 is 5.73 Å². The first-order valence-electron chi connectivity index (χ1n) is 9.75. The molecule has 0 fully saturated rings. The van der Waals surface area contributed by atoms with Crippen LogP contribution in [0.2, 0.25) is 0 Å². The van der Waals surface area contributed by atoms with Crippen LogP contribution in [-0.2, 0) is 19.5 Å². The average molecular weight is 415 g/mol. The molecule has 1 aliphatic rings. The highest BCUT2D eigenvalue weighted by atomic mass is 19.1. The van der Waals surface area contributed by atoms with Gasteiger partial charge in [-0.15, -0.1) is 5.10 Å². The zero-order chi connectivity index (χ0) is 21.5. The molecule has 1 atom stereocenters. The second-order valence-electron chi connectivity index (χ2n) is 7.50. The van der Waals surface area contributed by atoms with Gasteiger partial charge in [0.05, 0.1) is 48.0 Å². The summed E-state index contributed by atoms with van der Waals surface area (Å²) >= 11 is 0. The second-order valence-corrected chi connectivity index (χ2v) is 7.50. The van der Waals surface area contributed by atoms with Crippen LogP contribution in [0.3, 0.4) is 0 Å². The summed E-state index contributed by atoms with van der Waals surface area (Å²) in [4.78, 5) is 8.63. The third kappa shape index (κ3) is 3.50. The number of benzene rings is 1. The highest BCUT2D eigenvalue weighted by Crippen LogP contribution is 2.27. The largest absolute Gasteiger partial charge is 0.368 e. The first-order valence-corrected chi connectivity index (χ1v) is 9.75. The lowest BCUT2D eigenvalue weighted by Crippen LogP contribution is -2.06. The molecule has 1 aromatic carbocycles. The number of halogens is 1. The Kier molecular flexibility index (Phi) is 4.43. The number of nitrogens with two attached hydrogens (primary N) is 1. The normalized spacial score (nSPS) is 15.1. The minimum absolute atomic E-state index is 0.107. The van der Waals surface area contributed by atoms with Gasteiger partial charge in [-0.2, -0.15) is 10.4 Å². The maximum atomic E-state index is 13.4. The van der Waals surface area contributed by atoms with Crippen LogP contribution in [-0.4, -0.2) is 40.9 Å². The zero-order valence-electron chi connectivity index (χ0n) is 16.7. The van der Waals surface area contributed by atoms with Crippen LogP contribution in [0.5, 0.6) is 0 Å². The number of hydrogen-bond acceptors (Lipinski definition) is 7. The third-order valence-corrected chi connectivity index (χ3v) is 5.31. The van der Waals surface area contributed by atoms with Crippen LogP contribution >= 0.6 is 0 Å².